The average Bonchev–Trinajstić information content (AvgIpc) is 2.96. The molecule has 0 amide bonds. The van der Waals surface area contributed by atoms with Crippen molar-refractivity contribution in [2.45, 2.75) is 59.6 Å². The van der Waals surface area contributed by atoms with Gasteiger partial charge in [-0.25, -0.2) is 0 Å². The predicted octanol–water partition coefficient (Wildman–Crippen LogP) is 4.51. The molecule has 1 atom stereocenters. The second-order valence-electron chi connectivity index (χ2n) is 7.56. The first-order valence-electron chi connectivity index (χ1n) is 8.35. The Morgan fingerprint density at radius 2 is 1.71 bits per heavy atom. The third kappa shape index (κ3) is 3.32. The van der Waals surface area contributed by atoms with Gasteiger partial charge in [-0.2, -0.15) is 0 Å². The summed E-state index contributed by atoms with van der Waals surface area (Å²) in [6.45, 7) is 10.4. The summed E-state index contributed by atoms with van der Waals surface area (Å²) in [6.07, 6.45) is 4.62. The van der Waals surface area contributed by atoms with Crippen molar-refractivity contribution >= 4 is 0 Å². The Kier molecular flexibility index (Phi) is 5.11. The molecular formula is C19H31NO. The van der Waals surface area contributed by atoms with E-state index in [4.69, 9.17) is 0 Å². The fraction of sp³-hybridized carbons (Fsp3) is 0.684. The number of hydrogen-bond acceptors (Lipinski definition) is 2. The van der Waals surface area contributed by atoms with Crippen LogP contribution in [0.5, 0.6) is 0 Å². The first kappa shape index (κ1) is 16.5. The summed E-state index contributed by atoms with van der Waals surface area (Å²) in [4.78, 5) is 0. The highest BCUT2D eigenvalue weighted by atomic mass is 16.3. The molecule has 21 heavy (non-hydrogen) atoms. The van der Waals surface area contributed by atoms with Crippen molar-refractivity contribution in [3.05, 3.63) is 35.9 Å². The van der Waals surface area contributed by atoms with Gasteiger partial charge in [0.2, 0.25) is 0 Å². The summed E-state index contributed by atoms with van der Waals surface area (Å²) < 4.78 is 0. The van der Waals surface area contributed by atoms with Gasteiger partial charge < -0.3 is 5.11 Å². The summed E-state index contributed by atoms with van der Waals surface area (Å²) in [6, 6.07) is 9.89. The highest BCUT2D eigenvalue weighted by Gasteiger charge is 2.47. The molecule has 0 spiro atoms. The lowest BCUT2D eigenvalue weighted by molar-refractivity contribution is 0.00971. The van der Waals surface area contributed by atoms with E-state index in [9.17, 15) is 5.11 Å². The van der Waals surface area contributed by atoms with Gasteiger partial charge in [-0.3, -0.25) is 5.32 Å². The lowest BCUT2D eigenvalue weighted by Crippen LogP contribution is -2.47. The van der Waals surface area contributed by atoms with Gasteiger partial charge in [-0.05, 0) is 35.2 Å². The van der Waals surface area contributed by atoms with Crippen LogP contribution in [0.25, 0.3) is 0 Å². The van der Waals surface area contributed by atoms with Crippen molar-refractivity contribution in [3.8, 4) is 0 Å². The van der Waals surface area contributed by atoms with Crippen LogP contribution in [0, 0.1) is 16.7 Å². The standard InChI is InChI=1S/C19H31NO/c1-15(2)18(3,4)19(12-8-9-13-19)14-20-17(21)16-10-6-5-7-11-16/h5-7,10-11,15,17,20-21H,8-9,12-14H2,1-4H3. The maximum absolute atomic E-state index is 10.4. The Bertz CT molecular complexity index is 432. The van der Waals surface area contributed by atoms with Crippen molar-refractivity contribution < 1.29 is 5.11 Å². The molecule has 0 saturated heterocycles. The molecule has 0 aromatic heterocycles. The predicted molar refractivity (Wildman–Crippen MR) is 88.9 cm³/mol. The maximum atomic E-state index is 10.4. The maximum Gasteiger partial charge on any atom is 0.131 e. The molecular weight excluding hydrogens is 258 g/mol. The van der Waals surface area contributed by atoms with Gasteiger partial charge in [-0.1, -0.05) is 70.9 Å². The molecule has 1 aromatic carbocycles. The molecule has 2 N–H and O–H groups in total. The van der Waals surface area contributed by atoms with Gasteiger partial charge >= 0.3 is 0 Å². The van der Waals surface area contributed by atoms with Crippen LogP contribution in [0.1, 0.15) is 65.2 Å². The molecule has 0 heterocycles. The Morgan fingerprint density at radius 3 is 2.24 bits per heavy atom. The van der Waals surface area contributed by atoms with Gasteiger partial charge in [0.05, 0.1) is 0 Å². The Hall–Kier alpha value is -0.860. The lowest BCUT2D eigenvalue weighted by atomic mass is 9.59. The van der Waals surface area contributed by atoms with Crippen LogP contribution < -0.4 is 5.32 Å². The van der Waals surface area contributed by atoms with E-state index in [0.717, 1.165) is 12.1 Å². The zero-order valence-corrected chi connectivity index (χ0v) is 14.0. The largest absolute Gasteiger partial charge is 0.374 e. The number of aliphatic hydroxyl groups is 1. The van der Waals surface area contributed by atoms with Crippen molar-refractivity contribution in [1.29, 1.82) is 0 Å². The van der Waals surface area contributed by atoms with E-state index in [1.165, 1.54) is 25.7 Å². The monoisotopic (exact) mass is 289 g/mol. The normalized spacial score (nSPS) is 19.9. The van der Waals surface area contributed by atoms with Crippen LogP contribution in [-0.4, -0.2) is 11.7 Å². The minimum Gasteiger partial charge on any atom is -0.374 e. The summed E-state index contributed by atoms with van der Waals surface area (Å²) in [5.74, 6) is 0.645. The second kappa shape index (κ2) is 6.50. The average molecular weight is 289 g/mol. The quantitative estimate of drug-likeness (QED) is 0.755. The van der Waals surface area contributed by atoms with E-state index in [0.29, 0.717) is 11.3 Å². The molecule has 118 valence electrons. The fourth-order valence-electron chi connectivity index (χ4n) is 3.76. The van der Waals surface area contributed by atoms with E-state index in [1.807, 2.05) is 30.3 Å². The molecule has 1 aromatic rings. The highest BCUT2D eigenvalue weighted by Crippen LogP contribution is 2.54. The Morgan fingerprint density at radius 1 is 1.14 bits per heavy atom. The van der Waals surface area contributed by atoms with Crippen LogP contribution >= 0.6 is 0 Å². The van der Waals surface area contributed by atoms with Crippen LogP contribution in [-0.2, 0) is 0 Å². The topological polar surface area (TPSA) is 32.3 Å². The third-order valence-corrected chi connectivity index (χ3v) is 6.12. The van der Waals surface area contributed by atoms with Crippen molar-refractivity contribution in [3.63, 3.8) is 0 Å². The zero-order chi connectivity index (χ0) is 15.5. The Labute approximate surface area is 130 Å². The highest BCUT2D eigenvalue weighted by molar-refractivity contribution is 5.16. The molecule has 0 bridgehead atoms. The van der Waals surface area contributed by atoms with Crippen molar-refractivity contribution in [2.24, 2.45) is 16.7 Å². The minimum atomic E-state index is -0.563. The molecule has 2 heteroatoms. The van der Waals surface area contributed by atoms with Gasteiger partial charge in [0, 0.05) is 6.54 Å². The number of nitrogens with one attached hydrogen (secondary N) is 1. The lowest BCUT2D eigenvalue weighted by Gasteiger charge is -2.48. The molecule has 0 aliphatic heterocycles. The van der Waals surface area contributed by atoms with E-state index < -0.39 is 6.23 Å². The molecule has 2 rings (SSSR count). The summed E-state index contributed by atoms with van der Waals surface area (Å²) in [5.41, 5.74) is 1.54. The van der Waals surface area contributed by atoms with Crippen LogP contribution in [0.15, 0.2) is 30.3 Å². The van der Waals surface area contributed by atoms with Crippen molar-refractivity contribution in [2.75, 3.05) is 6.54 Å². The van der Waals surface area contributed by atoms with Gasteiger partial charge in [0.1, 0.15) is 6.23 Å². The number of benzene rings is 1. The summed E-state index contributed by atoms with van der Waals surface area (Å²) in [7, 11) is 0. The molecule has 1 fully saturated rings. The number of aliphatic hydroxyl groups excluding tert-OH is 1. The zero-order valence-electron chi connectivity index (χ0n) is 14.0. The summed E-state index contributed by atoms with van der Waals surface area (Å²) >= 11 is 0. The van der Waals surface area contributed by atoms with E-state index >= 15 is 0 Å². The molecule has 1 aliphatic carbocycles. The molecule has 1 saturated carbocycles. The van der Waals surface area contributed by atoms with E-state index in [-0.39, 0.29) is 5.41 Å². The Balaban J connectivity index is 2.08. The molecule has 2 nitrogen and oxygen atoms in total. The van der Waals surface area contributed by atoms with Gasteiger partial charge in [0.15, 0.2) is 0 Å². The molecule has 1 unspecified atom stereocenters. The number of rotatable bonds is 6. The van der Waals surface area contributed by atoms with Crippen LogP contribution in [0.3, 0.4) is 0 Å². The first-order chi connectivity index (χ1) is 9.89. The smallest absolute Gasteiger partial charge is 0.131 e. The van der Waals surface area contributed by atoms with E-state index in [2.05, 4.69) is 33.0 Å². The fourth-order valence-corrected chi connectivity index (χ4v) is 3.76. The van der Waals surface area contributed by atoms with Crippen LogP contribution in [0.2, 0.25) is 0 Å². The summed E-state index contributed by atoms with van der Waals surface area (Å²) in [5, 5.41) is 13.8. The second-order valence-corrected chi connectivity index (χ2v) is 7.56. The molecule has 1 aliphatic rings. The van der Waals surface area contributed by atoms with Gasteiger partial charge in [-0.15, -0.1) is 0 Å². The van der Waals surface area contributed by atoms with E-state index in [1.54, 1.807) is 0 Å². The first-order valence-corrected chi connectivity index (χ1v) is 8.35. The number of hydrogen-bond donors (Lipinski definition) is 2. The third-order valence-electron chi connectivity index (χ3n) is 6.12. The molecule has 0 radical (unpaired) electrons. The van der Waals surface area contributed by atoms with Crippen molar-refractivity contribution in [1.82, 2.24) is 5.32 Å². The van der Waals surface area contributed by atoms with Crippen LogP contribution in [0.4, 0.5) is 0 Å². The SMILES string of the molecule is CC(C)C(C)(C)C1(CNC(O)c2ccccc2)CCCC1. The minimum absolute atomic E-state index is 0.285. The van der Waals surface area contributed by atoms with Gasteiger partial charge in [0.25, 0.3) is 0 Å².